The summed E-state index contributed by atoms with van der Waals surface area (Å²) in [5.41, 5.74) is 5.15. The maximum Gasteiger partial charge on any atom is 0.176 e. The molecule has 5 rings (SSSR count). The average molecular weight is 494 g/mol. The lowest BCUT2D eigenvalue weighted by molar-refractivity contribution is 0.0975. The third-order valence-electron chi connectivity index (χ3n) is 5.09. The minimum atomic E-state index is -0.421. The van der Waals surface area contributed by atoms with Crippen LogP contribution < -0.4 is 5.32 Å². The number of carbonyl (C=O) groups is 1. The molecule has 0 spiro atoms. The number of ketones is 1. The fraction of sp³-hybridized carbons (Fsp3) is 0.0435. The summed E-state index contributed by atoms with van der Waals surface area (Å²) < 4.78 is 1.91. The number of nitrogens with zero attached hydrogens (tertiary/aromatic N) is 1. The molecule has 5 heteroatoms. The Morgan fingerprint density at radius 3 is 2.46 bits per heavy atom. The van der Waals surface area contributed by atoms with Crippen molar-refractivity contribution in [2.75, 3.05) is 5.32 Å². The second kappa shape index (κ2) is 6.83. The van der Waals surface area contributed by atoms with Crippen LogP contribution in [-0.2, 0) is 0 Å². The average Bonchev–Trinajstić information content (AvgIpc) is 2.82. The molecule has 1 aliphatic rings. The minimum absolute atomic E-state index is 0.0631. The number of pyridine rings is 1. The summed E-state index contributed by atoms with van der Waals surface area (Å²) in [6.45, 7) is 0. The van der Waals surface area contributed by atoms with Crippen molar-refractivity contribution < 1.29 is 4.79 Å². The maximum absolute atomic E-state index is 13.6. The number of fused-ring (bicyclic) bond motifs is 4. The molecule has 1 unspecified atom stereocenters. The van der Waals surface area contributed by atoms with Gasteiger partial charge in [0.25, 0.3) is 0 Å². The van der Waals surface area contributed by atoms with E-state index in [0.29, 0.717) is 5.56 Å². The number of para-hydroxylation sites is 1. The Morgan fingerprint density at radius 1 is 0.893 bits per heavy atom. The van der Waals surface area contributed by atoms with Crippen molar-refractivity contribution in [3.05, 3.63) is 98.6 Å². The molecule has 0 fully saturated rings. The Balaban J connectivity index is 1.84. The quantitative estimate of drug-likeness (QED) is 0.316. The fourth-order valence-electron chi connectivity index (χ4n) is 3.77. The highest BCUT2D eigenvalue weighted by Gasteiger charge is 2.32. The van der Waals surface area contributed by atoms with Gasteiger partial charge in [0, 0.05) is 31.7 Å². The van der Waals surface area contributed by atoms with Crippen LogP contribution in [0.15, 0.2) is 81.9 Å². The first kappa shape index (κ1) is 17.6. The Bertz CT molecular complexity index is 1240. The van der Waals surface area contributed by atoms with Crippen molar-refractivity contribution in [3.8, 4) is 0 Å². The van der Waals surface area contributed by atoms with E-state index >= 15 is 0 Å². The van der Waals surface area contributed by atoms with Gasteiger partial charge < -0.3 is 5.32 Å². The van der Waals surface area contributed by atoms with Crippen LogP contribution in [0.4, 0.5) is 11.4 Å². The molecule has 3 aromatic carbocycles. The molecule has 0 saturated carbocycles. The van der Waals surface area contributed by atoms with Crippen molar-refractivity contribution in [1.82, 2.24) is 4.98 Å². The molecule has 4 aromatic rings. The zero-order chi connectivity index (χ0) is 19.3. The highest BCUT2D eigenvalue weighted by Crippen LogP contribution is 2.43. The molecule has 1 N–H and O–H groups in total. The highest BCUT2D eigenvalue weighted by molar-refractivity contribution is 9.10. The van der Waals surface area contributed by atoms with E-state index in [4.69, 9.17) is 0 Å². The first-order chi connectivity index (χ1) is 13.6. The molecule has 136 valence electrons. The van der Waals surface area contributed by atoms with Crippen LogP contribution in [0.5, 0.6) is 0 Å². The van der Waals surface area contributed by atoms with E-state index in [-0.39, 0.29) is 5.78 Å². The smallest absolute Gasteiger partial charge is 0.176 e. The van der Waals surface area contributed by atoms with Gasteiger partial charge in [-0.1, -0.05) is 62.2 Å². The van der Waals surface area contributed by atoms with Crippen molar-refractivity contribution in [1.29, 1.82) is 0 Å². The molecular formula is C23H14Br2N2O. The van der Waals surface area contributed by atoms with Gasteiger partial charge in [-0.15, -0.1) is 0 Å². The first-order valence-corrected chi connectivity index (χ1v) is 10.4. The van der Waals surface area contributed by atoms with E-state index in [1.807, 2.05) is 72.9 Å². The molecular weight excluding hydrogens is 480 g/mol. The number of carbonyl (C=O) groups excluding carboxylic acids is 1. The summed E-state index contributed by atoms with van der Waals surface area (Å²) in [5.74, 6) is -0.358. The van der Waals surface area contributed by atoms with Gasteiger partial charge in [0.2, 0.25) is 0 Å². The Kier molecular flexibility index (Phi) is 4.29. The number of nitrogens with one attached hydrogen (secondary N) is 1. The normalized spacial score (nSPS) is 15.5. The molecule has 3 nitrogen and oxygen atoms in total. The number of benzene rings is 3. The van der Waals surface area contributed by atoms with Gasteiger partial charge in [-0.3, -0.25) is 9.78 Å². The van der Waals surface area contributed by atoms with Crippen LogP contribution in [0.3, 0.4) is 0 Å². The van der Waals surface area contributed by atoms with Crippen LogP contribution in [0.25, 0.3) is 10.9 Å². The predicted octanol–water partition coefficient (Wildman–Crippen LogP) is 6.83. The molecule has 0 amide bonds. The number of hydrogen-bond acceptors (Lipinski definition) is 3. The van der Waals surface area contributed by atoms with Gasteiger partial charge in [0.05, 0.1) is 22.8 Å². The van der Waals surface area contributed by atoms with Gasteiger partial charge >= 0.3 is 0 Å². The largest absolute Gasteiger partial charge is 0.354 e. The number of anilines is 2. The van der Waals surface area contributed by atoms with Crippen molar-refractivity contribution in [2.45, 2.75) is 5.92 Å². The van der Waals surface area contributed by atoms with Crippen molar-refractivity contribution in [2.24, 2.45) is 0 Å². The Morgan fingerprint density at radius 2 is 1.64 bits per heavy atom. The lowest BCUT2D eigenvalue weighted by Gasteiger charge is -2.18. The van der Waals surface area contributed by atoms with Crippen LogP contribution in [0.1, 0.15) is 27.4 Å². The molecule has 0 radical (unpaired) electrons. The second-order valence-electron chi connectivity index (χ2n) is 6.77. The van der Waals surface area contributed by atoms with Gasteiger partial charge in [-0.25, -0.2) is 0 Å². The van der Waals surface area contributed by atoms with E-state index in [2.05, 4.69) is 42.2 Å². The summed E-state index contributed by atoms with van der Waals surface area (Å²) in [5, 5.41) is 4.53. The minimum Gasteiger partial charge on any atom is -0.354 e. The van der Waals surface area contributed by atoms with E-state index in [1.165, 1.54) is 0 Å². The summed E-state index contributed by atoms with van der Waals surface area (Å²) >= 11 is 7.01. The number of halogens is 2. The monoisotopic (exact) mass is 492 g/mol. The number of rotatable bonds is 1. The maximum atomic E-state index is 13.6. The van der Waals surface area contributed by atoms with E-state index < -0.39 is 5.92 Å². The summed E-state index contributed by atoms with van der Waals surface area (Å²) in [4.78, 5) is 18.3. The third-order valence-corrected chi connectivity index (χ3v) is 6.11. The number of hydrogen-bond donors (Lipinski definition) is 1. The summed E-state index contributed by atoms with van der Waals surface area (Å²) in [7, 11) is 0. The van der Waals surface area contributed by atoms with Gasteiger partial charge in [-0.2, -0.15) is 0 Å². The zero-order valence-electron chi connectivity index (χ0n) is 14.6. The number of Topliss-reactive ketones (excluding diaryl/α,β-unsaturated/α-hetero) is 1. The SMILES string of the molecule is O=C1c2ccc(Br)cc2Nc2c(cnc3ccccc23)C1c1ccc(Br)cc1. The lowest BCUT2D eigenvalue weighted by atomic mass is 9.85. The van der Waals surface area contributed by atoms with Crippen molar-refractivity contribution >= 4 is 59.9 Å². The Labute approximate surface area is 179 Å². The van der Waals surface area contributed by atoms with Gasteiger partial charge in [-0.05, 0) is 42.0 Å². The topological polar surface area (TPSA) is 42.0 Å². The van der Waals surface area contributed by atoms with Crippen LogP contribution in [0, 0.1) is 0 Å². The standard InChI is InChI=1S/C23H14Br2N2O/c24-14-7-5-13(6-8-14)21-18-12-26-19-4-2-1-3-16(19)22(18)27-20-11-15(25)9-10-17(20)23(21)28/h1-12,21,27H. The van der Waals surface area contributed by atoms with Gasteiger partial charge in [0.1, 0.15) is 0 Å². The second-order valence-corrected chi connectivity index (χ2v) is 8.60. The molecule has 2 heterocycles. The highest BCUT2D eigenvalue weighted by atomic mass is 79.9. The van der Waals surface area contributed by atoms with Gasteiger partial charge in [0.15, 0.2) is 5.78 Å². The molecule has 1 atom stereocenters. The van der Waals surface area contributed by atoms with Crippen LogP contribution in [-0.4, -0.2) is 10.8 Å². The van der Waals surface area contributed by atoms with Crippen molar-refractivity contribution in [3.63, 3.8) is 0 Å². The van der Waals surface area contributed by atoms with Crippen LogP contribution in [0.2, 0.25) is 0 Å². The molecule has 0 aliphatic carbocycles. The van der Waals surface area contributed by atoms with E-state index in [9.17, 15) is 4.79 Å². The fourth-order valence-corrected chi connectivity index (χ4v) is 4.39. The first-order valence-electron chi connectivity index (χ1n) is 8.86. The van der Waals surface area contributed by atoms with E-state index in [0.717, 1.165) is 42.4 Å². The van der Waals surface area contributed by atoms with E-state index in [1.54, 1.807) is 0 Å². The molecule has 1 aromatic heterocycles. The summed E-state index contributed by atoms with van der Waals surface area (Å²) in [6, 6.07) is 21.7. The molecule has 28 heavy (non-hydrogen) atoms. The lowest BCUT2D eigenvalue weighted by Crippen LogP contribution is -2.14. The number of aromatic nitrogens is 1. The molecule has 0 saturated heterocycles. The Hall–Kier alpha value is -2.50. The molecule has 1 aliphatic heterocycles. The van der Waals surface area contributed by atoms with Crippen LogP contribution >= 0.6 is 31.9 Å². The molecule has 0 bridgehead atoms. The third kappa shape index (κ3) is 2.86. The zero-order valence-corrected chi connectivity index (χ0v) is 17.8. The predicted molar refractivity (Wildman–Crippen MR) is 119 cm³/mol. The summed E-state index contributed by atoms with van der Waals surface area (Å²) in [6.07, 6.45) is 1.83.